The summed E-state index contributed by atoms with van der Waals surface area (Å²) < 4.78 is 13.6. The number of hydrogen-bond acceptors (Lipinski definition) is 2. The summed E-state index contributed by atoms with van der Waals surface area (Å²) in [5.41, 5.74) is 1.39. The number of nitrogens with one attached hydrogen (secondary N) is 1. The van der Waals surface area contributed by atoms with E-state index in [9.17, 15) is 9.18 Å². The van der Waals surface area contributed by atoms with E-state index < -0.39 is 0 Å². The first kappa shape index (κ1) is 22.8. The normalized spacial score (nSPS) is 38.4. The molecule has 2 aliphatic heterocycles. The molecule has 186 valence electrons. The van der Waals surface area contributed by atoms with Crippen molar-refractivity contribution in [2.24, 2.45) is 35.0 Å². The summed E-state index contributed by atoms with van der Waals surface area (Å²) in [6, 6.07) is 7.63. The van der Waals surface area contributed by atoms with E-state index in [0.717, 1.165) is 69.1 Å². The highest BCUT2D eigenvalue weighted by Gasteiger charge is 2.55. The van der Waals surface area contributed by atoms with Crippen molar-refractivity contribution in [3.8, 4) is 0 Å². The number of fused-ring (bicyclic) bond motifs is 1. The van der Waals surface area contributed by atoms with E-state index in [2.05, 4.69) is 35.9 Å². The molecule has 1 aromatic carbocycles. The highest BCUT2D eigenvalue weighted by atomic mass is 19.1. The van der Waals surface area contributed by atoms with Crippen molar-refractivity contribution in [1.82, 2.24) is 15.1 Å². The third kappa shape index (κ3) is 3.86. The topological polar surface area (TPSA) is 35.6 Å². The lowest BCUT2D eigenvalue weighted by molar-refractivity contribution is -0.112. The monoisotopic (exact) mass is 467 g/mol. The first-order chi connectivity index (χ1) is 16.2. The zero-order valence-electron chi connectivity index (χ0n) is 21.2. The van der Waals surface area contributed by atoms with E-state index in [-0.39, 0.29) is 22.8 Å². The van der Waals surface area contributed by atoms with Gasteiger partial charge in [0.1, 0.15) is 5.82 Å². The molecule has 2 bridgehead atoms. The average molecular weight is 468 g/mol. The van der Waals surface area contributed by atoms with Gasteiger partial charge in [-0.1, -0.05) is 26.0 Å². The number of benzene rings is 1. The van der Waals surface area contributed by atoms with Crippen molar-refractivity contribution in [2.45, 2.75) is 77.3 Å². The zero-order valence-corrected chi connectivity index (χ0v) is 21.2. The Morgan fingerprint density at radius 2 is 1.82 bits per heavy atom. The number of nitrogens with zero attached hydrogens (tertiary/aromatic N) is 2. The Morgan fingerprint density at radius 3 is 2.53 bits per heavy atom. The number of urea groups is 1. The van der Waals surface area contributed by atoms with Crippen molar-refractivity contribution in [2.75, 3.05) is 26.2 Å². The Labute approximate surface area is 204 Å². The van der Waals surface area contributed by atoms with Gasteiger partial charge in [0.2, 0.25) is 0 Å². The lowest BCUT2D eigenvalue weighted by atomic mass is 9.62. The maximum Gasteiger partial charge on any atom is 0.317 e. The van der Waals surface area contributed by atoms with E-state index in [1.165, 1.54) is 31.2 Å². The van der Waals surface area contributed by atoms with Crippen molar-refractivity contribution >= 4 is 6.03 Å². The third-order valence-corrected chi connectivity index (χ3v) is 10.2. The molecular weight excluding hydrogens is 425 g/mol. The quantitative estimate of drug-likeness (QED) is 0.603. The lowest BCUT2D eigenvalue weighted by Crippen LogP contribution is -2.64. The molecule has 3 saturated carbocycles. The van der Waals surface area contributed by atoms with Gasteiger partial charge in [-0.25, -0.2) is 9.18 Å². The minimum atomic E-state index is -0.170. The summed E-state index contributed by atoms with van der Waals surface area (Å²) in [7, 11) is 0. The first-order valence-electron chi connectivity index (χ1n) is 13.8. The molecule has 2 amide bonds. The van der Waals surface area contributed by atoms with Crippen LogP contribution in [0.25, 0.3) is 0 Å². The molecule has 5 fully saturated rings. The number of carbonyl (C=O) groups excluding carboxylic acids is 1. The van der Waals surface area contributed by atoms with E-state index in [1.807, 2.05) is 12.1 Å². The van der Waals surface area contributed by atoms with Crippen molar-refractivity contribution in [1.29, 1.82) is 0 Å². The highest BCUT2D eigenvalue weighted by Crippen LogP contribution is 2.60. The third-order valence-electron chi connectivity index (χ3n) is 10.2. The van der Waals surface area contributed by atoms with Crippen LogP contribution in [0.5, 0.6) is 0 Å². The molecule has 4 nitrogen and oxygen atoms in total. The van der Waals surface area contributed by atoms with Crippen LogP contribution in [0, 0.1) is 40.8 Å². The molecule has 6 atom stereocenters. The summed E-state index contributed by atoms with van der Waals surface area (Å²) >= 11 is 0. The van der Waals surface area contributed by atoms with Gasteiger partial charge in [0.25, 0.3) is 0 Å². The number of rotatable bonds is 4. The largest absolute Gasteiger partial charge is 0.333 e. The molecule has 1 aromatic rings. The van der Waals surface area contributed by atoms with Crippen molar-refractivity contribution in [3.63, 3.8) is 0 Å². The maximum atomic E-state index is 13.6. The van der Waals surface area contributed by atoms with Gasteiger partial charge in [0.05, 0.1) is 0 Å². The van der Waals surface area contributed by atoms with Gasteiger partial charge in [0, 0.05) is 43.2 Å². The SMILES string of the molecule is CC(C)CN1CC2(CCN(C(=O)NC3(C)CC4CC5CC(C3)C5C4)CC2)C1c1ccc(F)cc1. The van der Waals surface area contributed by atoms with Gasteiger partial charge >= 0.3 is 6.03 Å². The Hall–Kier alpha value is -1.62. The second-order valence-corrected chi connectivity index (χ2v) is 13.3. The minimum Gasteiger partial charge on any atom is -0.333 e. The summed E-state index contributed by atoms with van der Waals surface area (Å²) in [6.45, 7) is 10.7. The Bertz CT molecular complexity index is 918. The number of piperidine rings is 1. The van der Waals surface area contributed by atoms with Crippen LogP contribution in [-0.2, 0) is 0 Å². The van der Waals surface area contributed by atoms with Crippen LogP contribution < -0.4 is 5.32 Å². The molecule has 34 heavy (non-hydrogen) atoms. The molecule has 6 rings (SSSR count). The van der Waals surface area contributed by atoms with E-state index in [1.54, 1.807) is 12.1 Å². The number of hydrogen-bond donors (Lipinski definition) is 1. The number of likely N-dealkylation sites (tertiary alicyclic amines) is 2. The Balaban J connectivity index is 1.11. The summed E-state index contributed by atoms with van der Waals surface area (Å²) in [5.74, 6) is 4.04. The predicted octanol–water partition coefficient (Wildman–Crippen LogP) is 5.85. The minimum absolute atomic E-state index is 0.0388. The van der Waals surface area contributed by atoms with Crippen LogP contribution in [0.15, 0.2) is 24.3 Å². The second kappa shape index (κ2) is 8.21. The van der Waals surface area contributed by atoms with Gasteiger partial charge in [0.15, 0.2) is 0 Å². The molecule has 1 N–H and O–H groups in total. The van der Waals surface area contributed by atoms with Gasteiger partial charge in [-0.05, 0) is 99.2 Å². The van der Waals surface area contributed by atoms with E-state index in [0.29, 0.717) is 12.0 Å². The summed E-state index contributed by atoms with van der Waals surface area (Å²) in [6.07, 6.45) is 8.60. The number of amides is 2. The molecule has 0 aromatic heterocycles. The van der Waals surface area contributed by atoms with E-state index >= 15 is 0 Å². The van der Waals surface area contributed by atoms with Crippen LogP contribution in [0.3, 0.4) is 0 Å². The van der Waals surface area contributed by atoms with Crippen molar-refractivity contribution < 1.29 is 9.18 Å². The second-order valence-electron chi connectivity index (χ2n) is 13.3. The molecule has 5 heteroatoms. The zero-order chi connectivity index (χ0) is 23.7. The average Bonchev–Trinajstić information content (AvgIpc) is 3.02. The molecule has 0 radical (unpaired) electrons. The standard InChI is InChI=1S/C29H42FN3O/c1-19(2)17-33-18-29(26(33)21-4-6-24(30)7-5-21)8-10-32(11-9-29)27(34)31-28(3)15-20-12-22-14-23(16-28)25(22)13-20/h4-7,19-20,22-23,25-26H,8-18H2,1-3H3,(H,31,34). The molecule has 3 aliphatic carbocycles. The number of carbonyl (C=O) groups is 1. The summed E-state index contributed by atoms with van der Waals surface area (Å²) in [4.78, 5) is 18.0. The van der Waals surface area contributed by atoms with Crippen LogP contribution in [0.4, 0.5) is 9.18 Å². The molecule has 1 spiro atoms. The summed E-state index contributed by atoms with van der Waals surface area (Å²) in [5, 5.41) is 3.53. The maximum absolute atomic E-state index is 13.6. The van der Waals surface area contributed by atoms with Gasteiger partial charge < -0.3 is 10.2 Å². The van der Waals surface area contributed by atoms with E-state index in [4.69, 9.17) is 0 Å². The molecule has 2 saturated heterocycles. The fourth-order valence-corrected chi connectivity index (χ4v) is 8.92. The van der Waals surface area contributed by atoms with Crippen molar-refractivity contribution in [3.05, 3.63) is 35.6 Å². The Morgan fingerprint density at radius 1 is 1.09 bits per heavy atom. The molecular formula is C29H42FN3O. The van der Waals surface area contributed by atoms with Gasteiger partial charge in [-0.15, -0.1) is 0 Å². The van der Waals surface area contributed by atoms with Crippen LogP contribution in [0.2, 0.25) is 0 Å². The smallest absolute Gasteiger partial charge is 0.317 e. The Kier molecular flexibility index (Phi) is 5.51. The molecule has 6 unspecified atom stereocenters. The predicted molar refractivity (Wildman–Crippen MR) is 133 cm³/mol. The van der Waals surface area contributed by atoms with Gasteiger partial charge in [-0.2, -0.15) is 0 Å². The lowest BCUT2D eigenvalue weighted by Gasteiger charge is -2.61. The van der Waals surface area contributed by atoms with Gasteiger partial charge in [-0.3, -0.25) is 4.90 Å². The highest BCUT2D eigenvalue weighted by molar-refractivity contribution is 5.75. The van der Waals surface area contributed by atoms with Crippen LogP contribution in [-0.4, -0.2) is 47.5 Å². The molecule has 2 heterocycles. The van der Waals surface area contributed by atoms with Crippen LogP contribution >= 0.6 is 0 Å². The molecule has 5 aliphatic rings. The first-order valence-corrected chi connectivity index (χ1v) is 13.8. The van der Waals surface area contributed by atoms with Crippen LogP contribution in [0.1, 0.15) is 77.3 Å². The fourth-order valence-electron chi connectivity index (χ4n) is 8.92. The number of halogens is 1. The fraction of sp³-hybridized carbons (Fsp3) is 0.759.